The summed E-state index contributed by atoms with van der Waals surface area (Å²) < 4.78 is 6.33. The zero-order valence-corrected chi connectivity index (χ0v) is 27.9. The summed E-state index contributed by atoms with van der Waals surface area (Å²) in [6.45, 7) is 8.69. The van der Waals surface area contributed by atoms with Crippen LogP contribution in [0.2, 0.25) is 5.02 Å². The van der Waals surface area contributed by atoms with Gasteiger partial charge in [-0.25, -0.2) is 0 Å². The van der Waals surface area contributed by atoms with E-state index in [1.165, 1.54) is 0 Å². The first kappa shape index (κ1) is 32.3. The molecule has 1 amide bonds. The van der Waals surface area contributed by atoms with E-state index in [1.807, 2.05) is 30.9 Å². The van der Waals surface area contributed by atoms with Crippen molar-refractivity contribution in [3.8, 4) is 12.1 Å². The first-order valence-electron chi connectivity index (χ1n) is 16.6. The second-order valence-electron chi connectivity index (χ2n) is 13.3. The summed E-state index contributed by atoms with van der Waals surface area (Å²) in [6.07, 6.45) is 3.54. The van der Waals surface area contributed by atoms with Crippen LogP contribution in [0.25, 0.3) is 10.8 Å². The maximum Gasteiger partial charge on any atom is 0.318 e. The molecule has 2 fully saturated rings. The number of carbonyl (C=O) groups excluding carboxylic acids is 1. The molecule has 3 aliphatic rings. The van der Waals surface area contributed by atoms with Crippen LogP contribution in [0, 0.1) is 17.2 Å². The molecular weight excluding hydrogens is 600 g/mol. The molecule has 0 saturated carbocycles. The number of nitriles is 1. The molecule has 0 unspecified atom stereocenters. The first-order chi connectivity index (χ1) is 22.2. The average molecular weight is 645 g/mol. The Bertz CT molecular complexity index is 1600. The molecule has 0 spiro atoms. The number of likely N-dealkylation sites (N-methyl/N-ethyl adjacent to an activating group) is 1. The lowest BCUT2D eigenvalue weighted by atomic mass is 9.99. The van der Waals surface area contributed by atoms with Crippen LogP contribution >= 0.6 is 11.6 Å². The largest absolute Gasteiger partial charge is 0.462 e. The number of halogens is 1. The van der Waals surface area contributed by atoms with Gasteiger partial charge in [-0.05, 0) is 56.3 Å². The molecule has 0 aliphatic carbocycles. The van der Waals surface area contributed by atoms with Gasteiger partial charge in [-0.2, -0.15) is 15.2 Å². The zero-order valence-electron chi connectivity index (χ0n) is 27.2. The van der Waals surface area contributed by atoms with Crippen LogP contribution in [-0.2, 0) is 17.8 Å². The van der Waals surface area contributed by atoms with Gasteiger partial charge in [0.1, 0.15) is 12.4 Å². The van der Waals surface area contributed by atoms with Gasteiger partial charge >= 0.3 is 6.01 Å². The molecule has 4 heterocycles. The van der Waals surface area contributed by atoms with E-state index in [0.717, 1.165) is 70.9 Å². The molecule has 6 rings (SSSR count). The second kappa shape index (κ2) is 14.0. The highest BCUT2D eigenvalue weighted by Crippen LogP contribution is 2.37. The summed E-state index contributed by atoms with van der Waals surface area (Å²) in [5.74, 6) is 1.07. The lowest BCUT2D eigenvalue weighted by Gasteiger charge is -2.43. The molecule has 3 aliphatic heterocycles. The number of benzene rings is 2. The van der Waals surface area contributed by atoms with E-state index in [1.54, 1.807) is 0 Å². The van der Waals surface area contributed by atoms with Crippen molar-refractivity contribution in [1.29, 1.82) is 5.26 Å². The highest BCUT2D eigenvalue weighted by Gasteiger charge is 2.35. The molecule has 0 radical (unpaired) electrons. The molecule has 11 heteroatoms. The standard InChI is InChI=1S/C35H45ClN8O2/c1-23(2)29(38)19-32(45)44-18-17-43(20-25(44)12-14-37)34-27-13-16-42(31-11-5-8-24-7-4-10-28(36)33(24)31)21-30(27)39-35(40-34)46-22-26-9-6-15-41(26)3/h4-5,7-8,10-11,23,25-26,29H,6,9,12-13,15-22,38H2,1-3H3/t25-,26-,29+/m0/s1. The summed E-state index contributed by atoms with van der Waals surface area (Å²) in [7, 11) is 2.14. The topological polar surface area (TPSA) is 115 Å². The normalized spacial score (nSPS) is 21.0. The molecule has 3 atom stereocenters. The van der Waals surface area contributed by atoms with E-state index in [4.69, 9.17) is 32.0 Å². The molecular formula is C35H45ClN8O2. The number of carbonyl (C=O) groups is 1. The molecule has 244 valence electrons. The Morgan fingerprint density at radius 1 is 1.11 bits per heavy atom. The number of piperazine rings is 1. The fourth-order valence-electron chi connectivity index (χ4n) is 7.03. The van der Waals surface area contributed by atoms with Crippen LogP contribution in [-0.4, -0.2) is 90.2 Å². The van der Waals surface area contributed by atoms with Gasteiger partial charge < -0.3 is 30.1 Å². The SMILES string of the molecule is CC(C)[C@H](N)CC(=O)N1CCN(c2nc(OC[C@@H]3CCCN3C)nc3c2CCN(c2cccc4cccc(Cl)c24)C3)C[C@@H]1CC#N. The Morgan fingerprint density at radius 3 is 2.65 bits per heavy atom. The number of hydrogen-bond donors (Lipinski definition) is 1. The first-order valence-corrected chi connectivity index (χ1v) is 16.9. The quantitative estimate of drug-likeness (QED) is 0.356. The van der Waals surface area contributed by atoms with Gasteiger partial charge in [0.05, 0.1) is 35.8 Å². The molecule has 3 aromatic rings. The number of nitrogens with zero attached hydrogens (tertiary/aromatic N) is 7. The number of likely N-dealkylation sites (tertiary alicyclic amines) is 1. The van der Waals surface area contributed by atoms with Crippen LogP contribution in [0.5, 0.6) is 6.01 Å². The van der Waals surface area contributed by atoms with Crippen molar-refractivity contribution in [2.75, 3.05) is 56.2 Å². The third-order valence-electron chi connectivity index (χ3n) is 9.97. The van der Waals surface area contributed by atoms with Gasteiger partial charge in [0.25, 0.3) is 0 Å². The van der Waals surface area contributed by atoms with Crippen LogP contribution in [0.4, 0.5) is 11.5 Å². The van der Waals surface area contributed by atoms with Gasteiger partial charge in [0.2, 0.25) is 5.91 Å². The molecule has 2 saturated heterocycles. The van der Waals surface area contributed by atoms with Crippen molar-refractivity contribution in [2.45, 2.75) is 70.6 Å². The molecule has 0 bridgehead atoms. The van der Waals surface area contributed by atoms with Gasteiger partial charge in [0.15, 0.2) is 0 Å². The Kier molecular flexibility index (Phi) is 9.83. The minimum absolute atomic E-state index is 0.0138. The highest BCUT2D eigenvalue weighted by molar-refractivity contribution is 6.36. The number of hydrogen-bond acceptors (Lipinski definition) is 9. The van der Waals surface area contributed by atoms with Gasteiger partial charge in [-0.15, -0.1) is 0 Å². The number of nitrogens with two attached hydrogens (primary N) is 1. The van der Waals surface area contributed by atoms with Crippen LogP contribution in [0.3, 0.4) is 0 Å². The Balaban J connectivity index is 1.30. The molecule has 46 heavy (non-hydrogen) atoms. The third-order valence-corrected chi connectivity index (χ3v) is 10.3. The Hall–Kier alpha value is -3.65. The fraction of sp³-hybridized carbons (Fsp3) is 0.543. The maximum atomic E-state index is 13.3. The van der Waals surface area contributed by atoms with E-state index in [2.05, 4.69) is 52.1 Å². The summed E-state index contributed by atoms with van der Waals surface area (Å²) in [4.78, 5) is 32.1. The Morgan fingerprint density at radius 2 is 1.91 bits per heavy atom. The molecule has 10 nitrogen and oxygen atoms in total. The predicted molar refractivity (Wildman–Crippen MR) is 182 cm³/mol. The van der Waals surface area contributed by atoms with E-state index in [9.17, 15) is 10.1 Å². The monoisotopic (exact) mass is 644 g/mol. The zero-order chi connectivity index (χ0) is 32.4. The fourth-order valence-corrected chi connectivity index (χ4v) is 7.31. The van der Waals surface area contributed by atoms with Crippen molar-refractivity contribution in [3.05, 3.63) is 52.7 Å². The van der Waals surface area contributed by atoms with E-state index < -0.39 is 0 Å². The van der Waals surface area contributed by atoms with Gasteiger partial charge in [0, 0.05) is 61.3 Å². The number of fused-ring (bicyclic) bond motifs is 2. The summed E-state index contributed by atoms with van der Waals surface area (Å²) in [6, 6.07) is 14.9. The Labute approximate surface area is 277 Å². The minimum atomic E-state index is -0.245. The summed E-state index contributed by atoms with van der Waals surface area (Å²) in [5, 5.41) is 12.6. The summed E-state index contributed by atoms with van der Waals surface area (Å²) >= 11 is 6.72. The number of anilines is 2. The van der Waals surface area contributed by atoms with Crippen molar-refractivity contribution in [1.82, 2.24) is 19.8 Å². The average Bonchev–Trinajstić information content (AvgIpc) is 3.47. The second-order valence-corrected chi connectivity index (χ2v) is 13.7. The van der Waals surface area contributed by atoms with Gasteiger partial charge in [-0.3, -0.25) is 4.79 Å². The molecule has 2 aromatic carbocycles. The summed E-state index contributed by atoms with van der Waals surface area (Å²) in [5.41, 5.74) is 9.39. The van der Waals surface area contributed by atoms with Crippen molar-refractivity contribution in [2.24, 2.45) is 11.7 Å². The van der Waals surface area contributed by atoms with Crippen molar-refractivity contribution < 1.29 is 9.53 Å². The number of aromatic nitrogens is 2. The number of rotatable bonds is 9. The maximum absolute atomic E-state index is 13.3. The van der Waals surface area contributed by atoms with E-state index in [-0.39, 0.29) is 36.8 Å². The lowest BCUT2D eigenvalue weighted by Crippen LogP contribution is -2.56. The van der Waals surface area contributed by atoms with Crippen LogP contribution < -0.4 is 20.3 Å². The number of ether oxygens (including phenoxy) is 1. The third kappa shape index (κ3) is 6.73. The van der Waals surface area contributed by atoms with Crippen molar-refractivity contribution >= 4 is 39.8 Å². The van der Waals surface area contributed by atoms with Crippen molar-refractivity contribution in [3.63, 3.8) is 0 Å². The highest BCUT2D eigenvalue weighted by atomic mass is 35.5. The number of amides is 1. The van der Waals surface area contributed by atoms with Crippen LogP contribution in [0.1, 0.15) is 50.8 Å². The van der Waals surface area contributed by atoms with Crippen LogP contribution in [0.15, 0.2) is 36.4 Å². The lowest BCUT2D eigenvalue weighted by molar-refractivity contribution is -0.134. The molecule has 2 N–H and O–H groups in total. The smallest absolute Gasteiger partial charge is 0.318 e. The molecule has 1 aromatic heterocycles. The predicted octanol–water partition coefficient (Wildman–Crippen LogP) is 4.62. The van der Waals surface area contributed by atoms with Gasteiger partial charge in [-0.1, -0.05) is 49.7 Å². The van der Waals surface area contributed by atoms with E-state index in [0.29, 0.717) is 44.8 Å². The minimum Gasteiger partial charge on any atom is -0.462 e. The van der Waals surface area contributed by atoms with E-state index >= 15 is 0 Å².